The molecule has 0 atom stereocenters. The molecule has 0 saturated carbocycles. The van der Waals surface area contributed by atoms with Crippen LogP contribution >= 0.6 is 23.8 Å². The number of piperazine rings is 1. The Kier molecular flexibility index (Phi) is 6.88. The van der Waals surface area contributed by atoms with Crippen LogP contribution in [0.1, 0.15) is 13.3 Å². The van der Waals surface area contributed by atoms with Crippen LogP contribution in [0.15, 0.2) is 18.2 Å². The molecule has 2 N–H and O–H groups in total. The van der Waals surface area contributed by atoms with Crippen LogP contribution in [0.5, 0.6) is 0 Å². The molecule has 1 saturated heterocycles. The molecular formula is C16H18ClF3N4O2S. The summed E-state index contributed by atoms with van der Waals surface area (Å²) in [5.74, 6) is -2.09. The van der Waals surface area contributed by atoms with Crippen LogP contribution in [0.25, 0.3) is 0 Å². The maximum Gasteiger partial charge on any atom is 0.471 e. The Morgan fingerprint density at radius 3 is 2.41 bits per heavy atom. The molecule has 2 amide bonds. The summed E-state index contributed by atoms with van der Waals surface area (Å²) in [4.78, 5) is 25.4. The van der Waals surface area contributed by atoms with Crippen molar-refractivity contribution in [3.63, 3.8) is 0 Å². The average Bonchev–Trinajstić information content (AvgIpc) is 2.60. The van der Waals surface area contributed by atoms with E-state index in [1.54, 1.807) is 25.1 Å². The zero-order valence-corrected chi connectivity index (χ0v) is 16.0. The van der Waals surface area contributed by atoms with Gasteiger partial charge in [0.2, 0.25) is 5.91 Å². The summed E-state index contributed by atoms with van der Waals surface area (Å²) >= 11 is 11.1. The van der Waals surface area contributed by atoms with Crippen LogP contribution in [0.4, 0.5) is 24.5 Å². The summed E-state index contributed by atoms with van der Waals surface area (Å²) in [7, 11) is 0. The molecule has 0 bridgehead atoms. The van der Waals surface area contributed by atoms with E-state index < -0.39 is 12.1 Å². The highest BCUT2D eigenvalue weighted by atomic mass is 35.5. The molecule has 0 unspecified atom stereocenters. The first-order chi connectivity index (χ1) is 12.6. The lowest BCUT2D eigenvalue weighted by Gasteiger charge is -2.37. The summed E-state index contributed by atoms with van der Waals surface area (Å²) in [6.07, 6.45) is -4.61. The average molecular weight is 423 g/mol. The minimum Gasteiger partial charge on any atom is -0.366 e. The zero-order chi connectivity index (χ0) is 20.2. The van der Waals surface area contributed by atoms with Crippen LogP contribution in [-0.2, 0) is 9.59 Å². The Hall–Kier alpha value is -2.07. The predicted octanol–water partition coefficient (Wildman–Crippen LogP) is 2.77. The minimum atomic E-state index is -4.88. The lowest BCUT2D eigenvalue weighted by Crippen LogP contribution is -2.52. The number of halogens is 4. The maximum absolute atomic E-state index is 12.6. The van der Waals surface area contributed by atoms with Crippen LogP contribution in [0.2, 0.25) is 5.02 Å². The van der Waals surface area contributed by atoms with Gasteiger partial charge in [-0.1, -0.05) is 18.5 Å². The Morgan fingerprint density at radius 1 is 1.22 bits per heavy atom. The number of nitrogens with zero attached hydrogens (tertiary/aromatic N) is 2. The number of thiocarbonyl (C=S) groups is 1. The van der Waals surface area contributed by atoms with Crippen molar-refractivity contribution in [1.29, 1.82) is 0 Å². The van der Waals surface area contributed by atoms with Gasteiger partial charge in [0.05, 0.1) is 11.4 Å². The van der Waals surface area contributed by atoms with E-state index in [-0.39, 0.29) is 43.6 Å². The smallest absolute Gasteiger partial charge is 0.366 e. The first kappa shape index (κ1) is 21.2. The third-order valence-electron chi connectivity index (χ3n) is 3.93. The van der Waals surface area contributed by atoms with Gasteiger partial charge in [-0.3, -0.25) is 9.59 Å². The molecule has 0 aliphatic carbocycles. The fourth-order valence-corrected chi connectivity index (χ4v) is 2.98. The monoisotopic (exact) mass is 422 g/mol. The highest BCUT2D eigenvalue weighted by molar-refractivity contribution is 7.80. The number of alkyl halides is 3. The molecule has 0 aromatic heterocycles. The SMILES string of the molecule is CCC(=O)NC(=S)Nc1cc(Cl)ccc1N1CCN(C(=O)C(F)(F)F)CC1. The van der Waals surface area contributed by atoms with Crippen molar-refractivity contribution in [2.24, 2.45) is 0 Å². The number of nitrogens with one attached hydrogen (secondary N) is 2. The molecule has 0 spiro atoms. The zero-order valence-electron chi connectivity index (χ0n) is 14.4. The molecule has 1 heterocycles. The molecule has 2 rings (SSSR count). The fourth-order valence-electron chi connectivity index (χ4n) is 2.58. The minimum absolute atomic E-state index is 0.0581. The number of carbonyl (C=O) groups excluding carboxylic acids is 2. The van der Waals surface area contributed by atoms with E-state index in [0.717, 1.165) is 4.90 Å². The highest BCUT2D eigenvalue weighted by Gasteiger charge is 2.43. The van der Waals surface area contributed by atoms with Crippen molar-refractivity contribution in [3.8, 4) is 0 Å². The quantitative estimate of drug-likeness (QED) is 0.733. The Bertz CT molecular complexity index is 737. The third kappa shape index (κ3) is 5.70. The second-order valence-corrected chi connectivity index (χ2v) is 6.64. The van der Waals surface area contributed by atoms with Gasteiger partial charge in [-0.15, -0.1) is 0 Å². The summed E-state index contributed by atoms with van der Waals surface area (Å²) in [5.41, 5.74) is 1.17. The Balaban J connectivity index is 2.10. The van der Waals surface area contributed by atoms with Crippen molar-refractivity contribution >= 4 is 52.1 Å². The van der Waals surface area contributed by atoms with Gasteiger partial charge in [0.25, 0.3) is 0 Å². The lowest BCUT2D eigenvalue weighted by molar-refractivity contribution is -0.185. The molecule has 1 aliphatic rings. The summed E-state index contributed by atoms with van der Waals surface area (Å²) in [6, 6.07) is 4.95. The van der Waals surface area contributed by atoms with E-state index in [1.165, 1.54) is 0 Å². The van der Waals surface area contributed by atoms with Crippen molar-refractivity contribution < 1.29 is 22.8 Å². The van der Waals surface area contributed by atoms with E-state index >= 15 is 0 Å². The van der Waals surface area contributed by atoms with Gasteiger partial charge in [0, 0.05) is 37.6 Å². The van der Waals surface area contributed by atoms with Crippen molar-refractivity contribution in [2.45, 2.75) is 19.5 Å². The number of rotatable bonds is 3. The lowest BCUT2D eigenvalue weighted by atomic mass is 10.2. The van der Waals surface area contributed by atoms with Gasteiger partial charge in [-0.05, 0) is 30.4 Å². The predicted molar refractivity (Wildman–Crippen MR) is 101 cm³/mol. The molecule has 6 nitrogen and oxygen atoms in total. The van der Waals surface area contributed by atoms with E-state index in [0.29, 0.717) is 16.4 Å². The van der Waals surface area contributed by atoms with Gasteiger partial charge >= 0.3 is 12.1 Å². The summed E-state index contributed by atoms with van der Waals surface area (Å²) in [6.45, 7) is 2.00. The molecule has 1 aromatic rings. The fraction of sp³-hybridized carbons (Fsp3) is 0.438. The molecule has 148 valence electrons. The van der Waals surface area contributed by atoms with Gasteiger partial charge in [-0.25, -0.2) is 0 Å². The first-order valence-electron chi connectivity index (χ1n) is 8.13. The van der Waals surface area contributed by atoms with Gasteiger partial charge in [0.1, 0.15) is 0 Å². The van der Waals surface area contributed by atoms with Crippen LogP contribution < -0.4 is 15.5 Å². The molecule has 27 heavy (non-hydrogen) atoms. The number of carbonyl (C=O) groups is 2. The number of hydrogen-bond donors (Lipinski definition) is 2. The Labute approximate surface area is 164 Å². The second kappa shape index (κ2) is 8.75. The number of anilines is 2. The van der Waals surface area contributed by atoms with Crippen LogP contribution in [0.3, 0.4) is 0 Å². The van der Waals surface area contributed by atoms with E-state index in [2.05, 4.69) is 10.6 Å². The van der Waals surface area contributed by atoms with Gasteiger partial charge < -0.3 is 20.4 Å². The highest BCUT2D eigenvalue weighted by Crippen LogP contribution is 2.30. The maximum atomic E-state index is 12.6. The molecule has 1 aliphatic heterocycles. The largest absolute Gasteiger partial charge is 0.471 e. The van der Waals surface area contributed by atoms with E-state index in [1.807, 2.05) is 4.90 Å². The molecule has 1 aromatic carbocycles. The van der Waals surface area contributed by atoms with Crippen LogP contribution in [0, 0.1) is 0 Å². The van der Waals surface area contributed by atoms with Gasteiger partial charge in [0.15, 0.2) is 5.11 Å². The Morgan fingerprint density at radius 2 is 1.85 bits per heavy atom. The van der Waals surface area contributed by atoms with E-state index in [9.17, 15) is 22.8 Å². The molecule has 11 heteroatoms. The summed E-state index contributed by atoms with van der Waals surface area (Å²) < 4.78 is 37.7. The molecule has 0 radical (unpaired) electrons. The second-order valence-electron chi connectivity index (χ2n) is 5.79. The van der Waals surface area contributed by atoms with Gasteiger partial charge in [-0.2, -0.15) is 13.2 Å². The van der Waals surface area contributed by atoms with Crippen molar-refractivity contribution in [2.75, 3.05) is 36.4 Å². The number of benzene rings is 1. The standard InChI is InChI=1S/C16H18ClF3N4O2S/c1-2-13(25)22-15(27)21-11-9-10(17)3-4-12(11)23-5-7-24(8-6-23)14(26)16(18,19)20/h3-4,9H,2,5-8H2,1H3,(H2,21,22,25,27). The first-order valence-corrected chi connectivity index (χ1v) is 8.92. The topological polar surface area (TPSA) is 64.7 Å². The normalized spacial score (nSPS) is 14.7. The van der Waals surface area contributed by atoms with Crippen molar-refractivity contribution in [3.05, 3.63) is 23.2 Å². The number of amides is 2. The third-order valence-corrected chi connectivity index (χ3v) is 4.37. The van der Waals surface area contributed by atoms with Crippen LogP contribution in [-0.4, -0.2) is 54.2 Å². The van der Waals surface area contributed by atoms with Crippen molar-refractivity contribution in [1.82, 2.24) is 10.2 Å². The molecule has 1 fully saturated rings. The van der Waals surface area contributed by atoms with E-state index in [4.69, 9.17) is 23.8 Å². The summed E-state index contributed by atoms with van der Waals surface area (Å²) in [5, 5.41) is 5.91. The molecular weight excluding hydrogens is 405 g/mol. The number of hydrogen-bond acceptors (Lipinski definition) is 4.